The summed E-state index contributed by atoms with van der Waals surface area (Å²) in [7, 11) is 0. The van der Waals surface area contributed by atoms with Crippen LogP contribution in [0.1, 0.15) is 29.8 Å². The molecule has 20 heavy (non-hydrogen) atoms. The van der Waals surface area contributed by atoms with E-state index in [4.69, 9.17) is 11.6 Å². The van der Waals surface area contributed by atoms with E-state index in [1.54, 1.807) is 0 Å². The van der Waals surface area contributed by atoms with Crippen molar-refractivity contribution < 1.29 is 0 Å². The molecule has 1 saturated carbocycles. The van der Waals surface area contributed by atoms with E-state index in [0.29, 0.717) is 6.04 Å². The Labute approximate surface area is 132 Å². The molecular weight excluding hydrogens is 338 g/mol. The molecule has 5 heteroatoms. The van der Waals surface area contributed by atoms with Crippen LogP contribution >= 0.6 is 27.5 Å². The molecule has 0 unspecified atom stereocenters. The summed E-state index contributed by atoms with van der Waals surface area (Å²) in [6.45, 7) is 4.89. The van der Waals surface area contributed by atoms with Crippen molar-refractivity contribution in [1.29, 1.82) is 0 Å². The monoisotopic (exact) mass is 353 g/mol. The average Bonchev–Trinajstić information content (AvgIpc) is 3.21. The Morgan fingerprint density at radius 1 is 1.40 bits per heavy atom. The highest BCUT2D eigenvalue weighted by atomic mass is 79.9. The fraction of sp³-hybridized carbons (Fsp3) is 0.400. The largest absolute Gasteiger partial charge is 0.310 e. The maximum atomic E-state index is 6.42. The number of nitrogens with zero attached hydrogens (tertiary/aromatic N) is 2. The molecule has 3 nitrogen and oxygen atoms in total. The lowest BCUT2D eigenvalue weighted by molar-refractivity contribution is 0.687. The highest BCUT2D eigenvalue weighted by molar-refractivity contribution is 9.10. The van der Waals surface area contributed by atoms with E-state index in [9.17, 15) is 0 Å². The first-order chi connectivity index (χ1) is 9.56. The molecule has 0 saturated heterocycles. The van der Waals surface area contributed by atoms with Crippen LogP contribution in [0.15, 0.2) is 22.7 Å². The minimum absolute atomic E-state index is 0.709. The average molecular weight is 355 g/mol. The molecule has 0 radical (unpaired) electrons. The van der Waals surface area contributed by atoms with Gasteiger partial charge in [-0.05, 0) is 60.3 Å². The lowest BCUT2D eigenvalue weighted by atomic mass is 10.2. The Kier molecular flexibility index (Phi) is 3.89. The van der Waals surface area contributed by atoms with Gasteiger partial charge in [-0.25, -0.2) is 4.68 Å². The second-order valence-corrected chi connectivity index (χ2v) is 6.54. The summed E-state index contributed by atoms with van der Waals surface area (Å²) in [5, 5.41) is 8.75. The molecule has 2 aromatic rings. The highest BCUT2D eigenvalue weighted by Gasteiger charge is 2.20. The van der Waals surface area contributed by atoms with Gasteiger partial charge in [0.25, 0.3) is 0 Å². The minimum atomic E-state index is 0.709. The summed E-state index contributed by atoms with van der Waals surface area (Å²) < 4.78 is 2.92. The molecule has 1 fully saturated rings. The number of hydrogen-bond acceptors (Lipinski definition) is 2. The van der Waals surface area contributed by atoms with Gasteiger partial charge in [-0.3, -0.25) is 0 Å². The number of hydrogen-bond donors (Lipinski definition) is 1. The molecule has 1 aromatic carbocycles. The van der Waals surface area contributed by atoms with Gasteiger partial charge < -0.3 is 5.32 Å². The SMILES string of the molecule is Cc1nn(-c2ccc(CNC3CC3)cc2Cl)c(C)c1Br. The third kappa shape index (κ3) is 2.78. The molecule has 1 aliphatic rings. The Hall–Kier alpha value is -0.840. The van der Waals surface area contributed by atoms with Crippen molar-refractivity contribution in [3.8, 4) is 5.69 Å². The summed E-state index contributed by atoms with van der Waals surface area (Å²) in [4.78, 5) is 0. The van der Waals surface area contributed by atoms with Crippen molar-refractivity contribution in [2.45, 2.75) is 39.3 Å². The molecule has 3 rings (SSSR count). The van der Waals surface area contributed by atoms with Crippen molar-refractivity contribution >= 4 is 27.5 Å². The number of aromatic nitrogens is 2. The topological polar surface area (TPSA) is 29.9 Å². The number of aryl methyl sites for hydroxylation is 1. The standard InChI is InChI=1S/C15H17BrClN3/c1-9-15(16)10(2)20(19-9)14-6-3-11(7-13(14)17)8-18-12-4-5-12/h3,6-7,12,18H,4-5,8H2,1-2H3. The molecule has 1 heterocycles. The molecule has 106 valence electrons. The number of benzene rings is 1. The normalized spacial score (nSPS) is 14.8. The molecule has 0 amide bonds. The van der Waals surface area contributed by atoms with Gasteiger partial charge in [-0.15, -0.1) is 0 Å². The van der Waals surface area contributed by atoms with E-state index in [1.807, 2.05) is 30.7 Å². The Bertz CT molecular complexity index is 647. The molecule has 0 spiro atoms. The lowest BCUT2D eigenvalue weighted by Gasteiger charge is -2.09. The number of nitrogens with one attached hydrogen (secondary N) is 1. The Morgan fingerprint density at radius 3 is 2.70 bits per heavy atom. The quantitative estimate of drug-likeness (QED) is 0.893. The molecule has 1 N–H and O–H groups in total. The van der Waals surface area contributed by atoms with E-state index in [0.717, 1.165) is 33.1 Å². The molecule has 0 bridgehead atoms. The minimum Gasteiger partial charge on any atom is -0.310 e. The second-order valence-electron chi connectivity index (χ2n) is 5.34. The molecule has 0 atom stereocenters. The van der Waals surface area contributed by atoms with Crippen LogP contribution in [-0.4, -0.2) is 15.8 Å². The highest BCUT2D eigenvalue weighted by Crippen LogP contribution is 2.28. The zero-order valence-electron chi connectivity index (χ0n) is 11.6. The summed E-state index contributed by atoms with van der Waals surface area (Å²) in [6.07, 6.45) is 2.59. The zero-order valence-corrected chi connectivity index (χ0v) is 13.9. The van der Waals surface area contributed by atoms with Gasteiger partial charge in [0.2, 0.25) is 0 Å². The van der Waals surface area contributed by atoms with Crippen LogP contribution in [0.2, 0.25) is 5.02 Å². The van der Waals surface area contributed by atoms with Gasteiger partial charge in [0.15, 0.2) is 0 Å². The molecule has 1 aliphatic carbocycles. The van der Waals surface area contributed by atoms with Crippen molar-refractivity contribution in [2.24, 2.45) is 0 Å². The van der Waals surface area contributed by atoms with Gasteiger partial charge >= 0.3 is 0 Å². The van der Waals surface area contributed by atoms with Crippen molar-refractivity contribution in [3.63, 3.8) is 0 Å². The van der Waals surface area contributed by atoms with E-state index in [1.165, 1.54) is 18.4 Å². The summed E-state index contributed by atoms with van der Waals surface area (Å²) >= 11 is 9.97. The zero-order chi connectivity index (χ0) is 14.3. The van der Waals surface area contributed by atoms with Gasteiger partial charge in [0, 0.05) is 12.6 Å². The Morgan fingerprint density at radius 2 is 2.15 bits per heavy atom. The third-order valence-corrected chi connectivity index (χ3v) is 5.07. The molecular formula is C15H17BrClN3. The van der Waals surface area contributed by atoms with E-state index in [-0.39, 0.29) is 0 Å². The van der Waals surface area contributed by atoms with Crippen molar-refractivity contribution in [1.82, 2.24) is 15.1 Å². The Balaban J connectivity index is 1.87. The van der Waals surface area contributed by atoms with Crippen LogP contribution in [0.25, 0.3) is 5.69 Å². The summed E-state index contributed by atoms with van der Waals surface area (Å²) in [5.41, 5.74) is 4.17. The maximum absolute atomic E-state index is 6.42. The van der Waals surface area contributed by atoms with Crippen LogP contribution in [0.3, 0.4) is 0 Å². The second kappa shape index (κ2) is 5.51. The van der Waals surface area contributed by atoms with Crippen LogP contribution in [0.4, 0.5) is 0 Å². The molecule has 0 aliphatic heterocycles. The fourth-order valence-electron chi connectivity index (χ4n) is 2.24. The van der Waals surface area contributed by atoms with Crippen molar-refractivity contribution in [2.75, 3.05) is 0 Å². The summed E-state index contributed by atoms with van der Waals surface area (Å²) in [6, 6.07) is 6.89. The predicted octanol–water partition coefficient (Wildman–Crippen LogP) is 4.16. The summed E-state index contributed by atoms with van der Waals surface area (Å²) in [5.74, 6) is 0. The van der Waals surface area contributed by atoms with Gasteiger partial charge in [-0.1, -0.05) is 17.7 Å². The first-order valence-corrected chi connectivity index (χ1v) is 7.97. The third-order valence-electron chi connectivity index (χ3n) is 3.62. The van der Waals surface area contributed by atoms with E-state index >= 15 is 0 Å². The number of halogens is 2. The fourth-order valence-corrected chi connectivity index (χ4v) is 2.77. The number of rotatable bonds is 4. The smallest absolute Gasteiger partial charge is 0.0835 e. The maximum Gasteiger partial charge on any atom is 0.0835 e. The predicted molar refractivity (Wildman–Crippen MR) is 85.6 cm³/mol. The first-order valence-electron chi connectivity index (χ1n) is 6.80. The first kappa shape index (κ1) is 14.1. The van der Waals surface area contributed by atoms with E-state index < -0.39 is 0 Å². The van der Waals surface area contributed by atoms with E-state index in [2.05, 4.69) is 32.4 Å². The van der Waals surface area contributed by atoms with Crippen LogP contribution in [-0.2, 0) is 6.54 Å². The van der Waals surface area contributed by atoms with Crippen LogP contribution in [0, 0.1) is 13.8 Å². The van der Waals surface area contributed by atoms with Crippen LogP contribution in [0.5, 0.6) is 0 Å². The van der Waals surface area contributed by atoms with Crippen LogP contribution < -0.4 is 5.32 Å². The lowest BCUT2D eigenvalue weighted by Crippen LogP contribution is -2.15. The van der Waals surface area contributed by atoms with Gasteiger partial charge in [-0.2, -0.15) is 5.10 Å². The van der Waals surface area contributed by atoms with Gasteiger partial charge in [0.05, 0.1) is 26.6 Å². The molecule has 1 aromatic heterocycles. The van der Waals surface area contributed by atoms with Crippen molar-refractivity contribution in [3.05, 3.63) is 44.6 Å². The van der Waals surface area contributed by atoms with Gasteiger partial charge in [0.1, 0.15) is 0 Å².